The summed E-state index contributed by atoms with van der Waals surface area (Å²) in [7, 11) is 0. The Hall–Kier alpha value is -3.66. The van der Waals surface area contributed by atoms with E-state index >= 15 is 0 Å². The number of morpholine rings is 1. The SMILES string of the molecule is O=C1NC(=O)N(c2ccc(Cl)cc2Cl)C(=O)/C1=C/c1cn(CC(=O)N2CCOCC2)c2ccccc12. The van der Waals surface area contributed by atoms with Crippen molar-refractivity contribution >= 4 is 69.6 Å². The van der Waals surface area contributed by atoms with Gasteiger partial charge >= 0.3 is 6.03 Å². The van der Waals surface area contributed by atoms with Crippen molar-refractivity contribution in [3.8, 4) is 0 Å². The molecule has 2 aromatic carbocycles. The summed E-state index contributed by atoms with van der Waals surface area (Å²) in [5, 5.41) is 3.35. The second-order valence-corrected chi connectivity index (χ2v) is 9.12. The van der Waals surface area contributed by atoms with Crippen LogP contribution in [0.3, 0.4) is 0 Å². The van der Waals surface area contributed by atoms with Gasteiger partial charge < -0.3 is 14.2 Å². The summed E-state index contributed by atoms with van der Waals surface area (Å²) in [6, 6.07) is 10.8. The normalized spacial score (nSPS) is 17.7. The minimum Gasteiger partial charge on any atom is -0.378 e. The number of anilines is 1. The Balaban J connectivity index is 1.51. The second kappa shape index (κ2) is 9.77. The van der Waals surface area contributed by atoms with E-state index in [1.54, 1.807) is 15.7 Å². The van der Waals surface area contributed by atoms with E-state index in [0.717, 1.165) is 15.8 Å². The Labute approximate surface area is 215 Å². The highest BCUT2D eigenvalue weighted by atomic mass is 35.5. The number of nitrogens with one attached hydrogen (secondary N) is 1. The molecule has 2 aliphatic heterocycles. The number of para-hydroxylation sites is 1. The van der Waals surface area contributed by atoms with Crippen LogP contribution in [0, 0.1) is 0 Å². The smallest absolute Gasteiger partial charge is 0.335 e. The molecule has 0 bridgehead atoms. The van der Waals surface area contributed by atoms with Crippen molar-refractivity contribution in [1.82, 2.24) is 14.8 Å². The molecule has 2 fully saturated rings. The summed E-state index contributed by atoms with van der Waals surface area (Å²) in [6.45, 7) is 2.15. The maximum Gasteiger partial charge on any atom is 0.335 e. The lowest BCUT2D eigenvalue weighted by Gasteiger charge is -2.27. The van der Waals surface area contributed by atoms with Gasteiger partial charge in [-0.3, -0.25) is 19.7 Å². The number of benzene rings is 2. The summed E-state index contributed by atoms with van der Waals surface area (Å²) < 4.78 is 7.10. The standard InChI is InChI=1S/C25H20Cl2N4O5/c26-16-5-6-21(19(27)12-16)31-24(34)18(23(33)28-25(31)35)11-15-13-30(20-4-2-1-3-17(15)20)14-22(32)29-7-9-36-10-8-29/h1-6,11-13H,7-10,14H2,(H,28,33,35)/b18-11+. The van der Waals surface area contributed by atoms with Gasteiger partial charge in [-0.05, 0) is 30.3 Å². The van der Waals surface area contributed by atoms with E-state index in [9.17, 15) is 19.2 Å². The van der Waals surface area contributed by atoms with Gasteiger partial charge in [-0.1, -0.05) is 41.4 Å². The third-order valence-electron chi connectivity index (χ3n) is 6.04. The molecule has 5 rings (SSSR count). The highest BCUT2D eigenvalue weighted by molar-refractivity contribution is 6.42. The zero-order chi connectivity index (χ0) is 25.4. The maximum atomic E-state index is 13.3. The van der Waals surface area contributed by atoms with Crippen LogP contribution >= 0.6 is 23.2 Å². The van der Waals surface area contributed by atoms with Gasteiger partial charge in [0, 0.05) is 40.8 Å². The number of nitrogens with zero attached hydrogens (tertiary/aromatic N) is 3. The quantitative estimate of drug-likeness (QED) is 0.414. The number of rotatable bonds is 4. The van der Waals surface area contributed by atoms with Gasteiger partial charge in [0.15, 0.2) is 0 Å². The highest BCUT2D eigenvalue weighted by Gasteiger charge is 2.38. The van der Waals surface area contributed by atoms with Crippen molar-refractivity contribution in [3.63, 3.8) is 0 Å². The third-order valence-corrected chi connectivity index (χ3v) is 6.58. The summed E-state index contributed by atoms with van der Waals surface area (Å²) >= 11 is 12.2. The molecule has 9 nitrogen and oxygen atoms in total. The molecule has 11 heteroatoms. The van der Waals surface area contributed by atoms with Crippen molar-refractivity contribution in [2.45, 2.75) is 6.54 Å². The van der Waals surface area contributed by atoms with Crippen molar-refractivity contribution < 1.29 is 23.9 Å². The monoisotopic (exact) mass is 526 g/mol. The van der Waals surface area contributed by atoms with Crippen LogP contribution in [-0.4, -0.2) is 59.5 Å². The molecule has 1 N–H and O–H groups in total. The lowest BCUT2D eigenvalue weighted by atomic mass is 10.1. The first-order chi connectivity index (χ1) is 17.3. The highest BCUT2D eigenvalue weighted by Crippen LogP contribution is 2.32. The number of hydrogen-bond donors (Lipinski definition) is 1. The molecule has 0 radical (unpaired) electrons. The summed E-state index contributed by atoms with van der Waals surface area (Å²) in [6.07, 6.45) is 3.13. The number of amides is 5. The van der Waals surface area contributed by atoms with Crippen molar-refractivity contribution in [2.24, 2.45) is 0 Å². The van der Waals surface area contributed by atoms with Crippen molar-refractivity contribution in [2.75, 3.05) is 31.2 Å². The minimum absolute atomic E-state index is 0.0566. The average molecular weight is 527 g/mol. The van der Waals surface area contributed by atoms with Gasteiger partial charge in [0.05, 0.1) is 23.9 Å². The van der Waals surface area contributed by atoms with Crippen LogP contribution in [0.5, 0.6) is 0 Å². The van der Waals surface area contributed by atoms with E-state index in [4.69, 9.17) is 27.9 Å². The van der Waals surface area contributed by atoms with Gasteiger partial charge in [-0.25, -0.2) is 9.69 Å². The largest absolute Gasteiger partial charge is 0.378 e. The van der Waals surface area contributed by atoms with Crippen LogP contribution in [-0.2, 0) is 25.7 Å². The Morgan fingerprint density at radius 2 is 1.81 bits per heavy atom. The number of imide groups is 2. The molecule has 3 heterocycles. The van der Waals surface area contributed by atoms with Gasteiger partial charge in [-0.15, -0.1) is 0 Å². The molecule has 1 aromatic heterocycles. The van der Waals surface area contributed by atoms with Crippen LogP contribution in [0.4, 0.5) is 10.5 Å². The molecule has 2 saturated heterocycles. The molecular formula is C25H20Cl2N4O5. The number of ether oxygens (including phenoxy) is 1. The van der Waals surface area contributed by atoms with E-state index in [-0.39, 0.29) is 28.7 Å². The third kappa shape index (κ3) is 4.48. The molecule has 0 saturated carbocycles. The van der Waals surface area contributed by atoms with Crippen molar-refractivity contribution in [1.29, 1.82) is 0 Å². The summed E-state index contributed by atoms with van der Waals surface area (Å²) in [4.78, 5) is 53.9. The number of urea groups is 1. The molecular weight excluding hydrogens is 507 g/mol. The molecule has 0 atom stereocenters. The first kappa shape index (κ1) is 24.1. The molecule has 36 heavy (non-hydrogen) atoms. The number of carbonyl (C=O) groups is 4. The number of barbiturate groups is 1. The maximum absolute atomic E-state index is 13.3. The van der Waals surface area contributed by atoms with Gasteiger partial charge in [0.25, 0.3) is 11.8 Å². The fraction of sp³-hybridized carbons (Fsp3) is 0.200. The zero-order valence-corrected chi connectivity index (χ0v) is 20.4. The Morgan fingerprint density at radius 3 is 2.56 bits per heavy atom. The zero-order valence-electron chi connectivity index (χ0n) is 18.9. The van der Waals surface area contributed by atoms with Crippen LogP contribution in [0.2, 0.25) is 10.0 Å². The number of aromatic nitrogens is 1. The topological polar surface area (TPSA) is 101 Å². The molecule has 3 aromatic rings. The first-order valence-electron chi connectivity index (χ1n) is 11.1. The van der Waals surface area contributed by atoms with Crippen molar-refractivity contribution in [3.05, 3.63) is 69.8 Å². The molecule has 0 spiro atoms. The van der Waals surface area contributed by atoms with Gasteiger partial charge in [0.2, 0.25) is 5.91 Å². The molecule has 0 aliphatic carbocycles. The van der Waals surface area contributed by atoms with Crippen LogP contribution in [0.25, 0.3) is 17.0 Å². The van der Waals surface area contributed by atoms with Gasteiger partial charge in [0.1, 0.15) is 12.1 Å². The van der Waals surface area contributed by atoms with Crippen LogP contribution < -0.4 is 10.2 Å². The van der Waals surface area contributed by atoms with Crippen LogP contribution in [0.1, 0.15) is 5.56 Å². The molecule has 5 amide bonds. The van der Waals surface area contributed by atoms with E-state index in [1.807, 2.05) is 24.3 Å². The first-order valence-corrected chi connectivity index (χ1v) is 11.9. The Kier molecular flexibility index (Phi) is 6.53. The molecule has 184 valence electrons. The fourth-order valence-electron chi connectivity index (χ4n) is 4.27. The number of hydrogen-bond acceptors (Lipinski definition) is 5. The summed E-state index contributed by atoms with van der Waals surface area (Å²) in [5.41, 5.74) is 1.17. The Morgan fingerprint density at radius 1 is 1.06 bits per heavy atom. The van der Waals surface area contributed by atoms with E-state index in [0.29, 0.717) is 36.9 Å². The lowest BCUT2D eigenvalue weighted by molar-refractivity contribution is -0.135. The predicted molar refractivity (Wildman–Crippen MR) is 135 cm³/mol. The second-order valence-electron chi connectivity index (χ2n) is 8.28. The van der Waals surface area contributed by atoms with Gasteiger partial charge in [-0.2, -0.15) is 0 Å². The summed E-state index contributed by atoms with van der Waals surface area (Å²) in [5.74, 6) is -1.71. The Bertz CT molecular complexity index is 1440. The predicted octanol–water partition coefficient (Wildman–Crippen LogP) is 3.47. The van der Waals surface area contributed by atoms with Crippen LogP contribution in [0.15, 0.2) is 54.2 Å². The van der Waals surface area contributed by atoms with E-state index < -0.39 is 17.8 Å². The average Bonchev–Trinajstić information content (AvgIpc) is 3.20. The number of carbonyl (C=O) groups excluding carboxylic acids is 4. The number of halogens is 2. The fourth-order valence-corrected chi connectivity index (χ4v) is 4.77. The molecule has 0 unspecified atom stereocenters. The van der Waals surface area contributed by atoms with E-state index in [1.165, 1.54) is 24.3 Å². The van der Waals surface area contributed by atoms with E-state index in [2.05, 4.69) is 5.32 Å². The lowest BCUT2D eigenvalue weighted by Crippen LogP contribution is -2.54. The minimum atomic E-state index is -0.912. The molecule has 2 aliphatic rings. The number of fused-ring (bicyclic) bond motifs is 1.